The summed E-state index contributed by atoms with van der Waals surface area (Å²) < 4.78 is 0. The number of aliphatic hydroxyl groups excluding tert-OH is 1. The Kier molecular flexibility index (Phi) is 5.70. The summed E-state index contributed by atoms with van der Waals surface area (Å²) in [6, 6.07) is 15.7. The molecular weight excluding hydrogens is 284 g/mol. The van der Waals surface area contributed by atoms with Crippen LogP contribution in [0.15, 0.2) is 72.5 Å². The molecule has 0 spiro atoms. The van der Waals surface area contributed by atoms with Crippen LogP contribution in [-0.4, -0.2) is 10.9 Å². The van der Waals surface area contributed by atoms with E-state index in [9.17, 15) is 9.90 Å². The number of rotatable bonds is 5. The number of benzene rings is 2. The second-order valence-corrected chi connectivity index (χ2v) is 5.35. The fraction of sp³-hybridized carbons (Fsp3) is 0.0952. The number of allylic oxidation sites excluding steroid dienone is 3. The number of aliphatic hydroxyl groups is 1. The van der Waals surface area contributed by atoms with Gasteiger partial charge in [-0.25, -0.2) is 0 Å². The molecule has 0 aliphatic heterocycles. The lowest BCUT2D eigenvalue weighted by atomic mass is 10.1. The van der Waals surface area contributed by atoms with E-state index in [1.807, 2.05) is 62.4 Å². The summed E-state index contributed by atoms with van der Waals surface area (Å²) in [6.45, 7) is 3.99. The first kappa shape index (κ1) is 16.5. The Balaban J connectivity index is 2.04. The zero-order valence-corrected chi connectivity index (χ0v) is 13.4. The Morgan fingerprint density at radius 2 is 1.30 bits per heavy atom. The zero-order valence-electron chi connectivity index (χ0n) is 13.4. The molecule has 116 valence electrons. The molecule has 23 heavy (non-hydrogen) atoms. The van der Waals surface area contributed by atoms with E-state index < -0.39 is 0 Å². The quantitative estimate of drug-likeness (QED) is 0.477. The van der Waals surface area contributed by atoms with Gasteiger partial charge in [-0.15, -0.1) is 0 Å². The van der Waals surface area contributed by atoms with Gasteiger partial charge in [-0.1, -0.05) is 60.7 Å². The SMILES string of the molecule is Cc1ccccc1/C=C/C(=O)C=C(O)/C=C/c1ccccc1C. The van der Waals surface area contributed by atoms with Crippen molar-refractivity contribution in [3.63, 3.8) is 0 Å². The number of carbonyl (C=O) groups excluding carboxylic acids is 1. The monoisotopic (exact) mass is 304 g/mol. The van der Waals surface area contributed by atoms with E-state index in [1.54, 1.807) is 12.2 Å². The average molecular weight is 304 g/mol. The second-order valence-electron chi connectivity index (χ2n) is 5.35. The standard InChI is InChI=1S/C21H20O2/c1-16-7-3-5-9-18(16)11-13-20(22)15-21(23)14-12-19-10-6-4-8-17(19)2/h3-15,22H,1-2H3/b13-11+,14-12+,20-15?. The molecule has 0 saturated carbocycles. The van der Waals surface area contributed by atoms with Crippen molar-refractivity contribution in [3.8, 4) is 0 Å². The predicted molar refractivity (Wildman–Crippen MR) is 96.1 cm³/mol. The number of hydrogen-bond donors (Lipinski definition) is 1. The van der Waals surface area contributed by atoms with E-state index >= 15 is 0 Å². The molecule has 2 rings (SSSR count). The summed E-state index contributed by atoms with van der Waals surface area (Å²) in [5.41, 5.74) is 4.21. The number of aryl methyl sites for hydroxylation is 2. The van der Waals surface area contributed by atoms with E-state index in [-0.39, 0.29) is 11.5 Å². The third kappa shape index (κ3) is 5.11. The molecule has 0 aliphatic rings. The van der Waals surface area contributed by atoms with Crippen LogP contribution in [0.25, 0.3) is 12.2 Å². The summed E-state index contributed by atoms with van der Waals surface area (Å²) in [4.78, 5) is 11.9. The number of carbonyl (C=O) groups is 1. The van der Waals surface area contributed by atoms with Crippen LogP contribution in [-0.2, 0) is 4.79 Å². The molecule has 0 bridgehead atoms. The topological polar surface area (TPSA) is 37.3 Å². The highest BCUT2D eigenvalue weighted by molar-refractivity contribution is 6.02. The van der Waals surface area contributed by atoms with E-state index in [1.165, 1.54) is 18.2 Å². The molecule has 0 amide bonds. The number of hydrogen-bond acceptors (Lipinski definition) is 2. The first-order chi connectivity index (χ1) is 11.1. The molecule has 0 atom stereocenters. The maximum Gasteiger partial charge on any atom is 0.182 e. The van der Waals surface area contributed by atoms with Crippen molar-refractivity contribution >= 4 is 17.9 Å². The van der Waals surface area contributed by atoms with Crippen molar-refractivity contribution in [3.05, 3.63) is 94.8 Å². The Morgan fingerprint density at radius 1 is 0.826 bits per heavy atom. The van der Waals surface area contributed by atoms with Crippen molar-refractivity contribution in [1.29, 1.82) is 0 Å². The molecule has 0 fully saturated rings. The second kappa shape index (κ2) is 7.95. The maximum absolute atomic E-state index is 11.9. The summed E-state index contributed by atoms with van der Waals surface area (Å²) in [7, 11) is 0. The Bertz CT molecular complexity index is 780. The summed E-state index contributed by atoms with van der Waals surface area (Å²) >= 11 is 0. The van der Waals surface area contributed by atoms with Crippen molar-refractivity contribution in [2.24, 2.45) is 0 Å². The van der Waals surface area contributed by atoms with E-state index in [4.69, 9.17) is 0 Å². The molecule has 2 nitrogen and oxygen atoms in total. The largest absolute Gasteiger partial charge is 0.508 e. The Labute approximate surface area is 137 Å². The highest BCUT2D eigenvalue weighted by atomic mass is 16.3. The highest BCUT2D eigenvalue weighted by Crippen LogP contribution is 2.11. The predicted octanol–water partition coefficient (Wildman–Crippen LogP) is 5.04. The van der Waals surface area contributed by atoms with Crippen LogP contribution in [0.5, 0.6) is 0 Å². The van der Waals surface area contributed by atoms with Crippen molar-refractivity contribution in [1.82, 2.24) is 0 Å². The third-order valence-electron chi connectivity index (χ3n) is 3.53. The minimum atomic E-state index is -0.250. The molecule has 2 heteroatoms. The smallest absolute Gasteiger partial charge is 0.182 e. The van der Waals surface area contributed by atoms with E-state index in [0.29, 0.717) is 0 Å². The molecule has 0 saturated heterocycles. The van der Waals surface area contributed by atoms with Crippen LogP contribution in [0.1, 0.15) is 22.3 Å². The summed E-state index contributed by atoms with van der Waals surface area (Å²) in [5, 5.41) is 9.84. The Morgan fingerprint density at radius 3 is 1.83 bits per heavy atom. The zero-order chi connectivity index (χ0) is 16.7. The van der Waals surface area contributed by atoms with Gasteiger partial charge in [-0.2, -0.15) is 0 Å². The van der Waals surface area contributed by atoms with Gasteiger partial charge in [0.05, 0.1) is 0 Å². The van der Waals surface area contributed by atoms with Crippen LogP contribution in [0.4, 0.5) is 0 Å². The molecule has 1 N–H and O–H groups in total. The average Bonchev–Trinajstić information content (AvgIpc) is 2.53. The summed E-state index contributed by atoms with van der Waals surface area (Å²) in [5.74, 6) is -0.312. The number of ketones is 1. The van der Waals surface area contributed by atoms with Crippen LogP contribution in [0, 0.1) is 13.8 Å². The molecule has 2 aromatic rings. The van der Waals surface area contributed by atoms with Gasteiger partial charge in [-0.3, -0.25) is 4.79 Å². The van der Waals surface area contributed by atoms with Gasteiger partial charge in [0.2, 0.25) is 0 Å². The van der Waals surface area contributed by atoms with Crippen molar-refractivity contribution < 1.29 is 9.90 Å². The molecule has 0 radical (unpaired) electrons. The molecule has 0 unspecified atom stereocenters. The fourth-order valence-electron chi connectivity index (χ4n) is 2.14. The molecule has 0 aliphatic carbocycles. The van der Waals surface area contributed by atoms with Gasteiger partial charge >= 0.3 is 0 Å². The molecular formula is C21H20O2. The normalized spacial score (nSPS) is 12.2. The highest BCUT2D eigenvalue weighted by Gasteiger charge is 1.97. The molecule has 0 aromatic heterocycles. The van der Waals surface area contributed by atoms with Crippen molar-refractivity contribution in [2.45, 2.75) is 13.8 Å². The van der Waals surface area contributed by atoms with E-state index in [2.05, 4.69) is 0 Å². The Hall–Kier alpha value is -2.87. The van der Waals surface area contributed by atoms with Gasteiger partial charge in [0.1, 0.15) is 5.76 Å². The van der Waals surface area contributed by atoms with Gasteiger partial charge < -0.3 is 5.11 Å². The van der Waals surface area contributed by atoms with Crippen LogP contribution in [0.2, 0.25) is 0 Å². The van der Waals surface area contributed by atoms with Gasteiger partial charge in [-0.05, 0) is 48.3 Å². The lowest BCUT2D eigenvalue weighted by Gasteiger charge is -1.98. The lowest BCUT2D eigenvalue weighted by molar-refractivity contribution is -0.110. The maximum atomic E-state index is 11.9. The lowest BCUT2D eigenvalue weighted by Crippen LogP contribution is -1.89. The first-order valence-corrected chi connectivity index (χ1v) is 7.48. The van der Waals surface area contributed by atoms with Crippen LogP contribution >= 0.6 is 0 Å². The summed E-state index contributed by atoms with van der Waals surface area (Å²) in [6.07, 6.45) is 7.75. The van der Waals surface area contributed by atoms with Gasteiger partial charge in [0.25, 0.3) is 0 Å². The van der Waals surface area contributed by atoms with Crippen LogP contribution < -0.4 is 0 Å². The minimum Gasteiger partial charge on any atom is -0.508 e. The van der Waals surface area contributed by atoms with Crippen LogP contribution in [0.3, 0.4) is 0 Å². The molecule has 0 heterocycles. The fourth-order valence-corrected chi connectivity index (χ4v) is 2.14. The van der Waals surface area contributed by atoms with E-state index in [0.717, 1.165) is 22.3 Å². The van der Waals surface area contributed by atoms with Crippen molar-refractivity contribution in [2.75, 3.05) is 0 Å². The van der Waals surface area contributed by atoms with Gasteiger partial charge in [0, 0.05) is 6.08 Å². The molecule has 2 aromatic carbocycles. The third-order valence-corrected chi connectivity index (χ3v) is 3.53. The van der Waals surface area contributed by atoms with Gasteiger partial charge in [0.15, 0.2) is 5.78 Å². The minimum absolute atomic E-state index is 0.0623. The first-order valence-electron chi connectivity index (χ1n) is 7.48.